The monoisotopic (exact) mass is 470 g/mol. The fourth-order valence-corrected chi connectivity index (χ4v) is 4.21. The number of hydrogen-bond donors (Lipinski definition) is 1. The number of ether oxygens (including phenoxy) is 3. The van der Waals surface area contributed by atoms with Crippen molar-refractivity contribution < 1.29 is 27.4 Å². The van der Waals surface area contributed by atoms with Crippen LogP contribution in [0.1, 0.15) is 5.56 Å². The predicted molar refractivity (Wildman–Crippen MR) is 127 cm³/mol. The molecule has 8 nitrogen and oxygen atoms in total. The first-order valence-corrected chi connectivity index (χ1v) is 11.5. The van der Waals surface area contributed by atoms with Gasteiger partial charge < -0.3 is 19.5 Å². The minimum atomic E-state index is -3.68. The SMILES string of the molecule is COc1ccc(NC(=O)COc2ccc(N(C)S(=O)(=O)c3ccc(C)cc3)cc2)cc1OC. The Hall–Kier alpha value is -3.72. The van der Waals surface area contributed by atoms with E-state index in [0.29, 0.717) is 28.6 Å². The lowest BCUT2D eigenvalue weighted by Gasteiger charge is -2.20. The van der Waals surface area contributed by atoms with E-state index in [1.54, 1.807) is 66.7 Å². The van der Waals surface area contributed by atoms with E-state index in [2.05, 4.69) is 5.32 Å². The molecule has 0 spiro atoms. The smallest absolute Gasteiger partial charge is 0.264 e. The largest absolute Gasteiger partial charge is 0.493 e. The average Bonchev–Trinajstić information content (AvgIpc) is 2.82. The van der Waals surface area contributed by atoms with Gasteiger partial charge in [-0.25, -0.2) is 8.42 Å². The van der Waals surface area contributed by atoms with Gasteiger partial charge in [0.15, 0.2) is 18.1 Å². The Kier molecular flexibility index (Phi) is 7.44. The quantitative estimate of drug-likeness (QED) is 0.511. The van der Waals surface area contributed by atoms with Crippen LogP contribution in [-0.4, -0.2) is 42.2 Å². The van der Waals surface area contributed by atoms with Gasteiger partial charge in [-0.1, -0.05) is 17.7 Å². The predicted octanol–water partition coefficient (Wildman–Crippen LogP) is 3.85. The molecule has 0 aromatic heterocycles. The Morgan fingerprint density at radius 1 is 0.909 bits per heavy atom. The van der Waals surface area contributed by atoms with Gasteiger partial charge >= 0.3 is 0 Å². The third-order valence-electron chi connectivity index (χ3n) is 4.92. The molecule has 0 aliphatic heterocycles. The van der Waals surface area contributed by atoms with Crippen LogP contribution in [0.5, 0.6) is 17.2 Å². The Labute approximate surface area is 193 Å². The van der Waals surface area contributed by atoms with Crippen molar-refractivity contribution in [2.24, 2.45) is 0 Å². The number of methoxy groups -OCH3 is 2. The van der Waals surface area contributed by atoms with E-state index in [0.717, 1.165) is 5.56 Å². The number of nitrogens with one attached hydrogen (secondary N) is 1. The summed E-state index contributed by atoms with van der Waals surface area (Å²) in [6.07, 6.45) is 0. The second kappa shape index (κ2) is 10.3. The lowest BCUT2D eigenvalue weighted by molar-refractivity contribution is -0.118. The van der Waals surface area contributed by atoms with Crippen LogP contribution in [0, 0.1) is 6.92 Å². The molecule has 1 amide bonds. The van der Waals surface area contributed by atoms with Crippen molar-refractivity contribution >= 4 is 27.3 Å². The molecule has 0 heterocycles. The first-order chi connectivity index (χ1) is 15.7. The van der Waals surface area contributed by atoms with Crippen LogP contribution in [0.4, 0.5) is 11.4 Å². The molecule has 174 valence electrons. The number of carbonyl (C=O) groups is 1. The minimum absolute atomic E-state index is 0.211. The van der Waals surface area contributed by atoms with Crippen molar-refractivity contribution in [1.29, 1.82) is 0 Å². The number of nitrogens with zero attached hydrogens (tertiary/aromatic N) is 1. The van der Waals surface area contributed by atoms with E-state index in [4.69, 9.17) is 14.2 Å². The standard InChI is InChI=1S/C24H26N2O6S/c1-17-5-12-21(13-6-17)33(28,29)26(2)19-8-10-20(11-9-19)32-16-24(27)25-18-7-14-22(30-3)23(15-18)31-4/h5-15H,16H2,1-4H3,(H,25,27). The highest BCUT2D eigenvalue weighted by Crippen LogP contribution is 2.30. The Morgan fingerprint density at radius 3 is 2.15 bits per heavy atom. The van der Waals surface area contributed by atoms with Crippen LogP contribution in [0.3, 0.4) is 0 Å². The molecule has 0 saturated heterocycles. The van der Waals surface area contributed by atoms with Crippen molar-refractivity contribution in [1.82, 2.24) is 0 Å². The van der Waals surface area contributed by atoms with E-state index in [-0.39, 0.29) is 17.4 Å². The van der Waals surface area contributed by atoms with E-state index in [1.165, 1.54) is 25.6 Å². The lowest BCUT2D eigenvalue weighted by Crippen LogP contribution is -2.26. The molecular formula is C24H26N2O6S. The topological polar surface area (TPSA) is 94.2 Å². The van der Waals surface area contributed by atoms with Crippen molar-refractivity contribution in [2.45, 2.75) is 11.8 Å². The van der Waals surface area contributed by atoms with E-state index in [1.807, 2.05) is 6.92 Å². The molecule has 0 aliphatic rings. The summed E-state index contributed by atoms with van der Waals surface area (Å²) in [5.74, 6) is 1.13. The van der Waals surface area contributed by atoms with Gasteiger partial charge in [0, 0.05) is 18.8 Å². The second-order valence-electron chi connectivity index (χ2n) is 7.19. The maximum atomic E-state index is 12.8. The number of rotatable bonds is 9. The molecule has 1 N–H and O–H groups in total. The molecular weight excluding hydrogens is 444 g/mol. The van der Waals surface area contributed by atoms with E-state index >= 15 is 0 Å². The van der Waals surface area contributed by atoms with Gasteiger partial charge in [0.25, 0.3) is 15.9 Å². The molecule has 0 atom stereocenters. The summed E-state index contributed by atoms with van der Waals surface area (Å²) in [4.78, 5) is 12.4. The van der Waals surface area contributed by atoms with Gasteiger partial charge in [0.2, 0.25) is 0 Å². The molecule has 9 heteroatoms. The first kappa shape index (κ1) is 23.9. The number of anilines is 2. The minimum Gasteiger partial charge on any atom is -0.493 e. The van der Waals surface area contributed by atoms with E-state index < -0.39 is 10.0 Å². The number of benzene rings is 3. The highest BCUT2D eigenvalue weighted by molar-refractivity contribution is 7.92. The molecule has 0 bridgehead atoms. The van der Waals surface area contributed by atoms with Crippen molar-refractivity contribution in [3.05, 3.63) is 72.3 Å². The van der Waals surface area contributed by atoms with Crippen molar-refractivity contribution in [3.63, 3.8) is 0 Å². The Balaban J connectivity index is 1.60. The maximum absolute atomic E-state index is 12.8. The van der Waals surface area contributed by atoms with Gasteiger partial charge in [-0.05, 0) is 55.5 Å². The third kappa shape index (κ3) is 5.75. The normalized spacial score (nSPS) is 10.9. The summed E-state index contributed by atoms with van der Waals surface area (Å²) in [7, 11) is 0.850. The number of carbonyl (C=O) groups excluding carboxylic acids is 1. The molecule has 0 radical (unpaired) electrons. The summed E-state index contributed by atoms with van der Waals surface area (Å²) < 4.78 is 42.8. The number of sulfonamides is 1. The third-order valence-corrected chi connectivity index (χ3v) is 6.72. The Morgan fingerprint density at radius 2 is 1.55 bits per heavy atom. The fourth-order valence-electron chi connectivity index (χ4n) is 3.02. The van der Waals surface area contributed by atoms with Crippen LogP contribution >= 0.6 is 0 Å². The van der Waals surface area contributed by atoms with Crippen LogP contribution in [0.2, 0.25) is 0 Å². The molecule has 3 aromatic rings. The number of amides is 1. The van der Waals surface area contributed by atoms with Gasteiger partial charge in [0.1, 0.15) is 5.75 Å². The zero-order chi connectivity index (χ0) is 24.0. The van der Waals surface area contributed by atoms with Gasteiger partial charge in [0.05, 0.1) is 24.8 Å². The van der Waals surface area contributed by atoms with Crippen LogP contribution in [-0.2, 0) is 14.8 Å². The first-order valence-electron chi connectivity index (χ1n) is 10.0. The molecule has 33 heavy (non-hydrogen) atoms. The molecule has 3 rings (SSSR count). The zero-order valence-electron chi connectivity index (χ0n) is 18.9. The van der Waals surface area contributed by atoms with Crippen LogP contribution in [0.15, 0.2) is 71.6 Å². The summed E-state index contributed by atoms with van der Waals surface area (Å²) in [5.41, 5.74) is 1.99. The number of hydrogen-bond acceptors (Lipinski definition) is 6. The van der Waals surface area contributed by atoms with Gasteiger partial charge in [-0.15, -0.1) is 0 Å². The highest BCUT2D eigenvalue weighted by Gasteiger charge is 2.21. The van der Waals surface area contributed by atoms with Gasteiger partial charge in [-0.3, -0.25) is 9.10 Å². The van der Waals surface area contributed by atoms with Crippen LogP contribution < -0.4 is 23.8 Å². The molecule has 0 fully saturated rings. The fraction of sp³-hybridized carbons (Fsp3) is 0.208. The molecule has 0 unspecified atom stereocenters. The summed E-state index contributed by atoms with van der Waals surface area (Å²) in [6.45, 7) is 1.68. The maximum Gasteiger partial charge on any atom is 0.264 e. The van der Waals surface area contributed by atoms with E-state index in [9.17, 15) is 13.2 Å². The average molecular weight is 471 g/mol. The summed E-state index contributed by atoms with van der Waals surface area (Å²) >= 11 is 0. The lowest BCUT2D eigenvalue weighted by atomic mass is 10.2. The molecule has 0 aliphatic carbocycles. The molecule has 3 aromatic carbocycles. The van der Waals surface area contributed by atoms with Gasteiger partial charge in [-0.2, -0.15) is 0 Å². The zero-order valence-corrected chi connectivity index (χ0v) is 19.7. The summed E-state index contributed by atoms with van der Waals surface area (Å²) in [5, 5.41) is 2.72. The van der Waals surface area contributed by atoms with Crippen LogP contribution in [0.25, 0.3) is 0 Å². The summed E-state index contributed by atoms with van der Waals surface area (Å²) in [6, 6.07) is 18.2. The molecule has 0 saturated carbocycles. The number of aryl methyl sites for hydroxylation is 1. The van der Waals surface area contributed by atoms with Crippen molar-refractivity contribution in [3.8, 4) is 17.2 Å². The Bertz CT molecular complexity index is 1210. The highest BCUT2D eigenvalue weighted by atomic mass is 32.2. The second-order valence-corrected chi connectivity index (χ2v) is 9.16. The van der Waals surface area contributed by atoms with Crippen molar-refractivity contribution in [2.75, 3.05) is 37.5 Å².